The molecule has 0 aliphatic heterocycles. The van der Waals surface area contributed by atoms with Gasteiger partial charge in [0.05, 0.1) is 11.7 Å². The fourth-order valence-electron chi connectivity index (χ4n) is 2.08. The molecule has 1 heterocycles. The lowest BCUT2D eigenvalue weighted by Gasteiger charge is -2.33. The van der Waals surface area contributed by atoms with Crippen molar-refractivity contribution >= 4 is 11.3 Å². The van der Waals surface area contributed by atoms with Gasteiger partial charge in [0.15, 0.2) is 0 Å². The molecule has 0 spiro atoms. The minimum Gasteiger partial charge on any atom is -0.308 e. The smallest absolute Gasteiger partial charge is 0.110 e. The third kappa shape index (κ3) is 2.23. The fourth-order valence-corrected chi connectivity index (χ4v) is 3.17. The highest BCUT2D eigenvalue weighted by atomic mass is 32.1. The summed E-state index contributed by atoms with van der Waals surface area (Å²) in [4.78, 5) is 6.06. The lowest BCUT2D eigenvalue weighted by molar-refractivity contribution is 0.232. The summed E-state index contributed by atoms with van der Waals surface area (Å²) in [7, 11) is 0. The first-order valence-electron chi connectivity index (χ1n) is 5.89. The molecule has 1 aromatic rings. The Labute approximate surface area is 96.1 Å². The quantitative estimate of drug-likeness (QED) is 0.849. The van der Waals surface area contributed by atoms with Gasteiger partial charge in [0.25, 0.3) is 0 Å². The van der Waals surface area contributed by atoms with E-state index in [4.69, 9.17) is 0 Å². The number of nitrogens with one attached hydrogen (secondary N) is 1. The summed E-state index contributed by atoms with van der Waals surface area (Å²) < 4.78 is 0. The Kier molecular flexibility index (Phi) is 3.42. The van der Waals surface area contributed by atoms with Crippen LogP contribution in [0.5, 0.6) is 0 Å². The molecule has 3 heteroatoms. The average molecular weight is 224 g/mol. The van der Waals surface area contributed by atoms with Crippen LogP contribution in [0.25, 0.3) is 0 Å². The van der Waals surface area contributed by atoms with E-state index in [-0.39, 0.29) is 0 Å². The third-order valence-corrected chi connectivity index (χ3v) is 4.51. The van der Waals surface area contributed by atoms with Crippen LogP contribution >= 0.6 is 11.3 Å². The van der Waals surface area contributed by atoms with Crippen LogP contribution in [-0.4, -0.2) is 11.5 Å². The van der Waals surface area contributed by atoms with E-state index in [0.717, 1.165) is 12.5 Å². The van der Waals surface area contributed by atoms with Crippen LogP contribution in [0.3, 0.4) is 0 Å². The van der Waals surface area contributed by atoms with Gasteiger partial charge in [-0.3, -0.25) is 0 Å². The van der Waals surface area contributed by atoms with Crippen LogP contribution in [0, 0.1) is 19.8 Å². The molecule has 2 rings (SSSR count). The second-order valence-electron chi connectivity index (χ2n) is 4.42. The van der Waals surface area contributed by atoms with Gasteiger partial charge in [-0.15, -0.1) is 11.3 Å². The molecule has 0 saturated heterocycles. The average Bonchev–Trinajstić information content (AvgIpc) is 2.43. The maximum absolute atomic E-state index is 4.69. The number of hydrogen-bond donors (Lipinski definition) is 1. The first-order valence-corrected chi connectivity index (χ1v) is 6.71. The molecular formula is C12H20N2S. The van der Waals surface area contributed by atoms with E-state index in [1.807, 2.05) is 11.3 Å². The highest BCUT2D eigenvalue weighted by Gasteiger charge is 2.29. The Bertz CT molecular complexity index is 309. The van der Waals surface area contributed by atoms with Gasteiger partial charge < -0.3 is 5.32 Å². The minimum absolute atomic E-state index is 0.515. The van der Waals surface area contributed by atoms with Crippen LogP contribution in [0.1, 0.15) is 47.8 Å². The summed E-state index contributed by atoms with van der Waals surface area (Å²) in [6.45, 7) is 7.50. The van der Waals surface area contributed by atoms with Gasteiger partial charge >= 0.3 is 0 Å². The molecule has 0 aromatic carbocycles. The topological polar surface area (TPSA) is 24.9 Å². The van der Waals surface area contributed by atoms with E-state index in [1.54, 1.807) is 0 Å². The standard InChI is InChI=1S/C12H20N2S/c1-4-13-11(10-6-5-7-10)12-14-8(2)9(3)15-12/h10-11,13H,4-7H2,1-3H3. The zero-order valence-electron chi connectivity index (χ0n) is 9.84. The van der Waals surface area contributed by atoms with Crippen molar-refractivity contribution in [3.8, 4) is 0 Å². The summed E-state index contributed by atoms with van der Waals surface area (Å²) >= 11 is 1.87. The Morgan fingerprint density at radius 3 is 2.60 bits per heavy atom. The van der Waals surface area contributed by atoms with Crippen LogP contribution in [0.15, 0.2) is 0 Å². The van der Waals surface area contributed by atoms with Crippen LogP contribution in [0.4, 0.5) is 0 Å². The number of thiazole rings is 1. The van der Waals surface area contributed by atoms with Crippen molar-refractivity contribution in [3.63, 3.8) is 0 Å². The van der Waals surface area contributed by atoms with E-state index in [9.17, 15) is 0 Å². The van der Waals surface area contributed by atoms with Gasteiger partial charge in [-0.05, 0) is 39.2 Å². The van der Waals surface area contributed by atoms with E-state index in [1.165, 1.54) is 34.8 Å². The maximum Gasteiger partial charge on any atom is 0.110 e. The van der Waals surface area contributed by atoms with Gasteiger partial charge in [-0.25, -0.2) is 4.98 Å². The first kappa shape index (κ1) is 11.1. The van der Waals surface area contributed by atoms with Crippen molar-refractivity contribution in [2.75, 3.05) is 6.54 Å². The molecular weight excluding hydrogens is 204 g/mol. The summed E-state index contributed by atoms with van der Waals surface area (Å²) in [5.74, 6) is 0.829. The predicted molar refractivity (Wildman–Crippen MR) is 65.3 cm³/mol. The van der Waals surface area contributed by atoms with E-state index < -0.39 is 0 Å². The van der Waals surface area contributed by atoms with Gasteiger partial charge in [0.1, 0.15) is 5.01 Å². The van der Waals surface area contributed by atoms with Gasteiger partial charge in [0.2, 0.25) is 0 Å². The monoisotopic (exact) mass is 224 g/mol. The normalized spacial score (nSPS) is 18.9. The number of nitrogens with zero attached hydrogens (tertiary/aromatic N) is 1. The van der Waals surface area contributed by atoms with E-state index in [0.29, 0.717) is 6.04 Å². The lowest BCUT2D eigenvalue weighted by Crippen LogP contribution is -2.32. The Morgan fingerprint density at radius 2 is 2.20 bits per heavy atom. The SMILES string of the molecule is CCNC(c1nc(C)c(C)s1)C1CCC1. The lowest BCUT2D eigenvalue weighted by atomic mass is 9.80. The second kappa shape index (κ2) is 4.62. The van der Waals surface area contributed by atoms with Crippen molar-refractivity contribution in [1.82, 2.24) is 10.3 Å². The molecule has 1 aliphatic rings. The molecule has 0 bridgehead atoms. The molecule has 1 atom stereocenters. The second-order valence-corrected chi connectivity index (χ2v) is 5.65. The predicted octanol–water partition coefficient (Wildman–Crippen LogP) is 3.21. The molecule has 1 N–H and O–H groups in total. The molecule has 1 unspecified atom stereocenters. The Morgan fingerprint density at radius 1 is 1.47 bits per heavy atom. The minimum atomic E-state index is 0.515. The van der Waals surface area contributed by atoms with Crippen molar-refractivity contribution in [3.05, 3.63) is 15.6 Å². The third-order valence-electron chi connectivity index (χ3n) is 3.36. The molecule has 1 aromatic heterocycles. The molecule has 1 aliphatic carbocycles. The number of aryl methyl sites for hydroxylation is 2. The van der Waals surface area contributed by atoms with Gasteiger partial charge in [0, 0.05) is 4.88 Å². The van der Waals surface area contributed by atoms with Crippen LogP contribution in [-0.2, 0) is 0 Å². The van der Waals surface area contributed by atoms with Gasteiger partial charge in [-0.2, -0.15) is 0 Å². The number of aromatic nitrogens is 1. The summed E-state index contributed by atoms with van der Waals surface area (Å²) in [6, 6.07) is 0.515. The molecule has 84 valence electrons. The van der Waals surface area contributed by atoms with E-state index >= 15 is 0 Å². The van der Waals surface area contributed by atoms with Gasteiger partial charge in [-0.1, -0.05) is 13.3 Å². The maximum atomic E-state index is 4.69. The van der Waals surface area contributed by atoms with Crippen molar-refractivity contribution in [2.45, 2.75) is 46.1 Å². The first-order chi connectivity index (χ1) is 7.22. The van der Waals surface area contributed by atoms with Crippen molar-refractivity contribution in [1.29, 1.82) is 0 Å². The largest absolute Gasteiger partial charge is 0.308 e. The highest BCUT2D eigenvalue weighted by molar-refractivity contribution is 7.11. The molecule has 1 saturated carbocycles. The van der Waals surface area contributed by atoms with Crippen LogP contribution < -0.4 is 5.32 Å². The summed E-state index contributed by atoms with van der Waals surface area (Å²) in [5, 5.41) is 4.89. The Balaban J connectivity index is 2.15. The van der Waals surface area contributed by atoms with Crippen molar-refractivity contribution < 1.29 is 0 Å². The van der Waals surface area contributed by atoms with Crippen LogP contribution in [0.2, 0.25) is 0 Å². The Hall–Kier alpha value is -0.410. The molecule has 0 radical (unpaired) electrons. The zero-order valence-corrected chi connectivity index (χ0v) is 10.7. The molecule has 1 fully saturated rings. The number of rotatable bonds is 4. The molecule has 15 heavy (non-hydrogen) atoms. The summed E-state index contributed by atoms with van der Waals surface area (Å²) in [5.41, 5.74) is 1.21. The molecule has 0 amide bonds. The fraction of sp³-hybridized carbons (Fsp3) is 0.750. The summed E-state index contributed by atoms with van der Waals surface area (Å²) in [6.07, 6.45) is 4.14. The van der Waals surface area contributed by atoms with Crippen molar-refractivity contribution in [2.24, 2.45) is 5.92 Å². The zero-order chi connectivity index (χ0) is 10.8. The number of hydrogen-bond acceptors (Lipinski definition) is 3. The molecule has 2 nitrogen and oxygen atoms in total. The highest BCUT2D eigenvalue weighted by Crippen LogP contribution is 2.39. The van der Waals surface area contributed by atoms with E-state index in [2.05, 4.69) is 31.1 Å².